The van der Waals surface area contributed by atoms with Crippen molar-refractivity contribution in [3.05, 3.63) is 64.7 Å². The van der Waals surface area contributed by atoms with Crippen molar-refractivity contribution < 1.29 is 19.2 Å². The van der Waals surface area contributed by atoms with Gasteiger partial charge in [0.2, 0.25) is 5.91 Å². The van der Waals surface area contributed by atoms with Crippen LogP contribution < -0.4 is 14.8 Å². The molecule has 30 heavy (non-hydrogen) atoms. The third kappa shape index (κ3) is 5.45. The highest BCUT2D eigenvalue weighted by molar-refractivity contribution is 7.99. The summed E-state index contributed by atoms with van der Waals surface area (Å²) in [6, 6.07) is 14.7. The Bertz CT molecular complexity index is 1040. The molecule has 1 amide bonds. The summed E-state index contributed by atoms with van der Waals surface area (Å²) in [6.45, 7) is 0. The van der Waals surface area contributed by atoms with E-state index in [2.05, 4.69) is 15.5 Å². The van der Waals surface area contributed by atoms with Gasteiger partial charge in [0.1, 0.15) is 16.5 Å². The SMILES string of the molecule is COc1cc(NC(=O)CSc2ccc(-c3cccc([N+](=O)[O-])c3)nn2)cc(OC)c1. The van der Waals surface area contributed by atoms with Crippen LogP contribution in [0.3, 0.4) is 0 Å². The number of aromatic nitrogens is 2. The van der Waals surface area contributed by atoms with E-state index in [1.165, 1.54) is 38.1 Å². The minimum Gasteiger partial charge on any atom is -0.497 e. The molecule has 2 aromatic carbocycles. The zero-order chi connectivity index (χ0) is 21.5. The summed E-state index contributed by atoms with van der Waals surface area (Å²) in [7, 11) is 3.07. The van der Waals surface area contributed by atoms with Gasteiger partial charge in [0.25, 0.3) is 5.69 Å². The molecule has 0 aliphatic rings. The summed E-state index contributed by atoms with van der Waals surface area (Å²) in [5.41, 5.74) is 1.65. The maximum Gasteiger partial charge on any atom is 0.270 e. The van der Waals surface area contributed by atoms with Crippen molar-refractivity contribution in [1.82, 2.24) is 10.2 Å². The molecule has 0 aliphatic heterocycles. The Morgan fingerprint density at radius 3 is 2.40 bits per heavy atom. The number of thioether (sulfide) groups is 1. The van der Waals surface area contributed by atoms with E-state index in [1.807, 2.05) is 0 Å². The van der Waals surface area contributed by atoms with Gasteiger partial charge >= 0.3 is 0 Å². The molecule has 0 bridgehead atoms. The lowest BCUT2D eigenvalue weighted by Gasteiger charge is -2.09. The Kier molecular flexibility index (Phi) is 6.81. The predicted octanol–water partition coefficient (Wildman–Crippen LogP) is 3.80. The minimum atomic E-state index is -0.461. The molecule has 9 nitrogen and oxygen atoms in total. The zero-order valence-corrected chi connectivity index (χ0v) is 17.0. The van der Waals surface area contributed by atoms with Crippen LogP contribution in [0.1, 0.15) is 0 Å². The summed E-state index contributed by atoms with van der Waals surface area (Å²) in [5.74, 6) is 1.05. The number of nitro benzene ring substituents is 1. The van der Waals surface area contributed by atoms with Gasteiger partial charge < -0.3 is 14.8 Å². The summed E-state index contributed by atoms with van der Waals surface area (Å²) in [6.07, 6.45) is 0. The van der Waals surface area contributed by atoms with Crippen LogP contribution in [-0.4, -0.2) is 41.0 Å². The number of hydrogen-bond acceptors (Lipinski definition) is 8. The lowest BCUT2D eigenvalue weighted by molar-refractivity contribution is -0.384. The third-order valence-corrected chi connectivity index (χ3v) is 4.90. The fourth-order valence-corrected chi connectivity index (χ4v) is 3.16. The zero-order valence-electron chi connectivity index (χ0n) is 16.2. The second kappa shape index (κ2) is 9.70. The van der Waals surface area contributed by atoms with Crippen LogP contribution >= 0.6 is 11.8 Å². The number of carbonyl (C=O) groups is 1. The molecule has 0 saturated heterocycles. The highest BCUT2D eigenvalue weighted by Gasteiger charge is 2.10. The number of nitrogens with one attached hydrogen (secondary N) is 1. The Balaban J connectivity index is 1.60. The fourth-order valence-electron chi connectivity index (χ4n) is 2.55. The van der Waals surface area contributed by atoms with E-state index in [9.17, 15) is 14.9 Å². The Morgan fingerprint density at radius 1 is 1.07 bits per heavy atom. The van der Waals surface area contributed by atoms with E-state index < -0.39 is 4.92 Å². The number of nitro groups is 1. The first-order valence-corrected chi connectivity index (χ1v) is 9.71. The molecule has 10 heteroatoms. The summed E-state index contributed by atoms with van der Waals surface area (Å²) >= 11 is 1.22. The van der Waals surface area contributed by atoms with E-state index >= 15 is 0 Å². The molecule has 0 fully saturated rings. The fraction of sp³-hybridized carbons (Fsp3) is 0.150. The number of carbonyl (C=O) groups excluding carboxylic acids is 1. The van der Waals surface area contributed by atoms with Crippen molar-refractivity contribution in [3.63, 3.8) is 0 Å². The highest BCUT2D eigenvalue weighted by Crippen LogP contribution is 2.26. The van der Waals surface area contributed by atoms with Gasteiger partial charge in [-0.3, -0.25) is 14.9 Å². The number of anilines is 1. The molecule has 0 radical (unpaired) electrons. The second-order valence-electron chi connectivity index (χ2n) is 6.00. The molecule has 0 atom stereocenters. The molecular formula is C20H18N4O5S. The topological polar surface area (TPSA) is 116 Å². The standard InChI is InChI=1S/C20H18N4O5S/c1-28-16-9-14(10-17(11-16)29-2)21-19(25)12-30-20-7-6-18(22-23-20)13-4-3-5-15(8-13)24(26)27/h3-11H,12H2,1-2H3,(H,21,25). The highest BCUT2D eigenvalue weighted by atomic mass is 32.2. The van der Waals surface area contributed by atoms with E-state index in [4.69, 9.17) is 9.47 Å². The molecule has 3 aromatic rings. The lowest BCUT2D eigenvalue weighted by atomic mass is 10.1. The van der Waals surface area contributed by atoms with Crippen LogP contribution in [0.4, 0.5) is 11.4 Å². The second-order valence-corrected chi connectivity index (χ2v) is 7.00. The first-order chi connectivity index (χ1) is 14.5. The number of non-ortho nitro benzene ring substituents is 1. The molecule has 1 aromatic heterocycles. The van der Waals surface area contributed by atoms with E-state index in [1.54, 1.807) is 42.5 Å². The number of benzene rings is 2. The molecule has 154 valence electrons. The van der Waals surface area contributed by atoms with E-state index in [0.717, 1.165) is 0 Å². The first-order valence-electron chi connectivity index (χ1n) is 8.73. The Morgan fingerprint density at radius 2 is 1.80 bits per heavy atom. The van der Waals surface area contributed by atoms with Crippen molar-refractivity contribution >= 4 is 29.0 Å². The van der Waals surface area contributed by atoms with Crippen molar-refractivity contribution in [1.29, 1.82) is 0 Å². The van der Waals surface area contributed by atoms with Crippen LogP contribution in [0.2, 0.25) is 0 Å². The number of rotatable bonds is 8. The summed E-state index contributed by atoms with van der Waals surface area (Å²) < 4.78 is 10.4. The molecule has 1 N–H and O–H groups in total. The molecular weight excluding hydrogens is 408 g/mol. The van der Waals surface area contributed by atoms with Gasteiger partial charge in [0.15, 0.2) is 0 Å². The van der Waals surface area contributed by atoms with Gasteiger partial charge in [0, 0.05) is 41.6 Å². The maximum atomic E-state index is 12.2. The summed E-state index contributed by atoms with van der Waals surface area (Å²) in [4.78, 5) is 22.7. The molecule has 0 aliphatic carbocycles. The van der Waals surface area contributed by atoms with Gasteiger partial charge in [0.05, 0.1) is 30.6 Å². The lowest BCUT2D eigenvalue weighted by Crippen LogP contribution is -2.14. The largest absolute Gasteiger partial charge is 0.497 e. The van der Waals surface area contributed by atoms with Gasteiger partial charge in [-0.2, -0.15) is 0 Å². The van der Waals surface area contributed by atoms with Gasteiger partial charge in [-0.05, 0) is 12.1 Å². The van der Waals surface area contributed by atoms with Crippen molar-refractivity contribution in [2.45, 2.75) is 5.03 Å². The van der Waals surface area contributed by atoms with Gasteiger partial charge in [-0.1, -0.05) is 23.9 Å². The van der Waals surface area contributed by atoms with Crippen molar-refractivity contribution in [3.8, 4) is 22.8 Å². The molecule has 3 rings (SSSR count). The van der Waals surface area contributed by atoms with Crippen LogP contribution in [-0.2, 0) is 4.79 Å². The Labute approximate surface area is 176 Å². The van der Waals surface area contributed by atoms with Gasteiger partial charge in [-0.25, -0.2) is 0 Å². The molecule has 0 unspecified atom stereocenters. The number of methoxy groups -OCH3 is 2. The minimum absolute atomic E-state index is 0.0152. The summed E-state index contributed by atoms with van der Waals surface area (Å²) in [5, 5.41) is 22.4. The number of ether oxygens (including phenoxy) is 2. The maximum absolute atomic E-state index is 12.2. The Hall–Kier alpha value is -3.66. The van der Waals surface area contributed by atoms with Crippen LogP contribution in [0.15, 0.2) is 59.6 Å². The average Bonchev–Trinajstić information content (AvgIpc) is 2.77. The predicted molar refractivity (Wildman–Crippen MR) is 113 cm³/mol. The number of amides is 1. The molecule has 0 saturated carbocycles. The third-order valence-electron chi connectivity index (χ3n) is 3.98. The first kappa shape index (κ1) is 21.1. The van der Waals surface area contributed by atoms with E-state index in [-0.39, 0.29) is 17.3 Å². The van der Waals surface area contributed by atoms with Crippen molar-refractivity contribution in [2.75, 3.05) is 25.3 Å². The monoisotopic (exact) mass is 426 g/mol. The molecule has 1 heterocycles. The normalized spacial score (nSPS) is 10.3. The average molecular weight is 426 g/mol. The van der Waals surface area contributed by atoms with Crippen LogP contribution in [0, 0.1) is 10.1 Å². The van der Waals surface area contributed by atoms with Crippen molar-refractivity contribution in [2.24, 2.45) is 0 Å². The van der Waals surface area contributed by atoms with Crippen LogP contribution in [0.5, 0.6) is 11.5 Å². The van der Waals surface area contributed by atoms with Gasteiger partial charge in [-0.15, -0.1) is 10.2 Å². The van der Waals surface area contributed by atoms with E-state index in [0.29, 0.717) is 33.5 Å². The number of nitrogens with zero attached hydrogens (tertiary/aromatic N) is 3. The van der Waals surface area contributed by atoms with Crippen LogP contribution in [0.25, 0.3) is 11.3 Å². The quantitative estimate of drug-likeness (QED) is 0.328. The smallest absolute Gasteiger partial charge is 0.270 e. The number of hydrogen-bond donors (Lipinski definition) is 1. The molecule has 0 spiro atoms.